The second-order valence-electron chi connectivity index (χ2n) is 6.94. The summed E-state index contributed by atoms with van der Waals surface area (Å²) in [6.07, 6.45) is 4.78. The second kappa shape index (κ2) is 9.44. The molecule has 0 bridgehead atoms. The van der Waals surface area contributed by atoms with Crippen molar-refractivity contribution in [2.45, 2.75) is 44.8 Å². The molecule has 6 heteroatoms. The Kier molecular flexibility index (Phi) is 6.74. The molecule has 0 heterocycles. The van der Waals surface area contributed by atoms with E-state index < -0.39 is 5.82 Å². The molecule has 2 aromatic rings. The maximum atomic E-state index is 13.6. The number of hydrogen-bond donors (Lipinski definition) is 1. The lowest BCUT2D eigenvalue weighted by Gasteiger charge is -2.19. The molecule has 1 amide bonds. The molecule has 0 saturated heterocycles. The standard InChI is InChI=1S/C22H26FNO4/c1-15(24-22(25)14-27-19-10-6-5-9-18(19)23)16-11-12-20(21(13-16)26-2)28-17-7-3-4-8-17/h5-6,9-13,15,17H,3-4,7-8,14H2,1-2H3,(H,24,25). The Balaban J connectivity index is 1.57. The maximum Gasteiger partial charge on any atom is 0.258 e. The normalized spacial score (nSPS) is 15.1. The van der Waals surface area contributed by atoms with Gasteiger partial charge < -0.3 is 19.5 Å². The molecular weight excluding hydrogens is 361 g/mol. The van der Waals surface area contributed by atoms with Gasteiger partial charge >= 0.3 is 0 Å². The fourth-order valence-corrected chi connectivity index (χ4v) is 3.31. The maximum absolute atomic E-state index is 13.6. The Bertz CT molecular complexity index is 805. The van der Waals surface area contributed by atoms with Gasteiger partial charge in [0.2, 0.25) is 0 Å². The van der Waals surface area contributed by atoms with E-state index in [-0.39, 0.29) is 30.4 Å². The highest BCUT2D eigenvalue weighted by Crippen LogP contribution is 2.33. The zero-order valence-corrected chi connectivity index (χ0v) is 16.2. The van der Waals surface area contributed by atoms with Crippen LogP contribution in [0.2, 0.25) is 0 Å². The van der Waals surface area contributed by atoms with E-state index in [9.17, 15) is 9.18 Å². The van der Waals surface area contributed by atoms with Crippen molar-refractivity contribution in [3.05, 3.63) is 53.8 Å². The highest BCUT2D eigenvalue weighted by molar-refractivity contribution is 5.78. The summed E-state index contributed by atoms with van der Waals surface area (Å²) in [5, 5.41) is 2.85. The van der Waals surface area contributed by atoms with Crippen LogP contribution in [0.25, 0.3) is 0 Å². The number of nitrogens with one attached hydrogen (secondary N) is 1. The summed E-state index contributed by atoms with van der Waals surface area (Å²) in [7, 11) is 1.60. The van der Waals surface area contributed by atoms with Crippen molar-refractivity contribution in [3.63, 3.8) is 0 Å². The molecule has 0 aliphatic heterocycles. The number of carbonyl (C=O) groups is 1. The van der Waals surface area contributed by atoms with Crippen molar-refractivity contribution in [2.75, 3.05) is 13.7 Å². The topological polar surface area (TPSA) is 56.8 Å². The van der Waals surface area contributed by atoms with E-state index in [1.807, 2.05) is 25.1 Å². The van der Waals surface area contributed by atoms with Crippen LogP contribution in [0, 0.1) is 5.82 Å². The van der Waals surface area contributed by atoms with Gasteiger partial charge in [0.15, 0.2) is 29.7 Å². The lowest BCUT2D eigenvalue weighted by molar-refractivity contribution is -0.123. The van der Waals surface area contributed by atoms with Gasteiger partial charge in [-0.1, -0.05) is 18.2 Å². The molecule has 0 radical (unpaired) electrons. The molecule has 1 aliphatic rings. The molecule has 28 heavy (non-hydrogen) atoms. The summed E-state index contributed by atoms with van der Waals surface area (Å²) in [6, 6.07) is 11.4. The fraction of sp³-hybridized carbons (Fsp3) is 0.409. The number of halogens is 1. The molecule has 5 nitrogen and oxygen atoms in total. The van der Waals surface area contributed by atoms with E-state index in [1.165, 1.54) is 25.0 Å². The molecule has 1 fully saturated rings. The number of ether oxygens (including phenoxy) is 3. The minimum Gasteiger partial charge on any atom is -0.493 e. The number of carbonyl (C=O) groups excluding carboxylic acids is 1. The minimum atomic E-state index is -0.495. The predicted octanol–water partition coefficient (Wildman–Crippen LogP) is 4.41. The largest absolute Gasteiger partial charge is 0.493 e. The van der Waals surface area contributed by atoms with Crippen LogP contribution >= 0.6 is 0 Å². The number of amides is 1. The summed E-state index contributed by atoms with van der Waals surface area (Å²) in [5.41, 5.74) is 0.884. The van der Waals surface area contributed by atoms with E-state index in [0.717, 1.165) is 24.2 Å². The average molecular weight is 387 g/mol. The van der Waals surface area contributed by atoms with Crippen LogP contribution < -0.4 is 19.5 Å². The smallest absolute Gasteiger partial charge is 0.258 e. The molecule has 1 aliphatic carbocycles. The molecular formula is C22H26FNO4. The first kappa shape index (κ1) is 20.0. The molecule has 1 saturated carbocycles. The van der Waals surface area contributed by atoms with Crippen molar-refractivity contribution in [2.24, 2.45) is 0 Å². The average Bonchev–Trinajstić information content (AvgIpc) is 3.20. The van der Waals surface area contributed by atoms with Gasteiger partial charge in [-0.15, -0.1) is 0 Å². The predicted molar refractivity (Wildman–Crippen MR) is 104 cm³/mol. The SMILES string of the molecule is COc1cc(C(C)NC(=O)COc2ccccc2F)ccc1OC1CCCC1. The van der Waals surface area contributed by atoms with Crippen LogP contribution in [0.1, 0.15) is 44.2 Å². The Labute approximate surface area is 164 Å². The summed E-state index contributed by atoms with van der Waals surface area (Å²) < 4.78 is 30.3. The molecule has 0 aromatic heterocycles. The second-order valence-corrected chi connectivity index (χ2v) is 6.94. The third-order valence-corrected chi connectivity index (χ3v) is 4.86. The molecule has 1 atom stereocenters. The van der Waals surface area contributed by atoms with E-state index in [1.54, 1.807) is 19.2 Å². The third-order valence-electron chi connectivity index (χ3n) is 4.86. The lowest BCUT2D eigenvalue weighted by Crippen LogP contribution is -2.31. The number of rotatable bonds is 8. The van der Waals surface area contributed by atoms with Gasteiger partial charge in [0, 0.05) is 0 Å². The summed E-state index contributed by atoms with van der Waals surface area (Å²) in [6.45, 7) is 1.61. The molecule has 1 unspecified atom stereocenters. The first-order valence-electron chi connectivity index (χ1n) is 9.58. The van der Waals surface area contributed by atoms with Gasteiger partial charge in [0.05, 0.1) is 19.3 Å². The van der Waals surface area contributed by atoms with Crippen LogP contribution in [0.5, 0.6) is 17.2 Å². The highest BCUT2D eigenvalue weighted by Gasteiger charge is 2.19. The van der Waals surface area contributed by atoms with Crippen LogP contribution in [-0.4, -0.2) is 25.7 Å². The van der Waals surface area contributed by atoms with E-state index in [0.29, 0.717) is 5.75 Å². The van der Waals surface area contributed by atoms with Gasteiger partial charge in [0.1, 0.15) is 0 Å². The Hall–Kier alpha value is -2.76. The quantitative estimate of drug-likeness (QED) is 0.729. The van der Waals surface area contributed by atoms with Crippen LogP contribution in [0.15, 0.2) is 42.5 Å². The molecule has 1 N–H and O–H groups in total. The highest BCUT2D eigenvalue weighted by atomic mass is 19.1. The van der Waals surface area contributed by atoms with Crippen LogP contribution in [0.4, 0.5) is 4.39 Å². The zero-order valence-electron chi connectivity index (χ0n) is 16.2. The summed E-state index contributed by atoms with van der Waals surface area (Å²) in [4.78, 5) is 12.1. The first-order valence-corrected chi connectivity index (χ1v) is 9.58. The van der Waals surface area contributed by atoms with Crippen LogP contribution in [0.3, 0.4) is 0 Å². The van der Waals surface area contributed by atoms with Crippen molar-refractivity contribution < 1.29 is 23.4 Å². The fourth-order valence-electron chi connectivity index (χ4n) is 3.31. The van der Waals surface area contributed by atoms with Crippen molar-refractivity contribution in [3.8, 4) is 17.2 Å². The van der Waals surface area contributed by atoms with Gasteiger partial charge in [0.25, 0.3) is 5.91 Å². The molecule has 3 rings (SSSR count). The van der Waals surface area contributed by atoms with Crippen LogP contribution in [-0.2, 0) is 4.79 Å². The number of methoxy groups -OCH3 is 1. The number of benzene rings is 2. The number of hydrogen-bond acceptors (Lipinski definition) is 4. The molecule has 2 aromatic carbocycles. The Morgan fingerprint density at radius 1 is 1.14 bits per heavy atom. The van der Waals surface area contributed by atoms with Gasteiger partial charge in [-0.3, -0.25) is 4.79 Å². The Morgan fingerprint density at radius 3 is 2.61 bits per heavy atom. The van der Waals surface area contributed by atoms with Gasteiger partial charge in [-0.2, -0.15) is 0 Å². The summed E-state index contributed by atoms with van der Waals surface area (Å²) >= 11 is 0. The number of para-hydroxylation sites is 1. The first-order chi connectivity index (χ1) is 13.6. The van der Waals surface area contributed by atoms with Gasteiger partial charge in [-0.05, 0) is 62.4 Å². The lowest BCUT2D eigenvalue weighted by atomic mass is 10.1. The van der Waals surface area contributed by atoms with Crippen molar-refractivity contribution in [1.29, 1.82) is 0 Å². The van der Waals surface area contributed by atoms with E-state index in [4.69, 9.17) is 14.2 Å². The molecule has 0 spiro atoms. The van der Waals surface area contributed by atoms with Gasteiger partial charge in [-0.25, -0.2) is 4.39 Å². The van der Waals surface area contributed by atoms with E-state index in [2.05, 4.69) is 5.32 Å². The monoisotopic (exact) mass is 387 g/mol. The third kappa shape index (κ3) is 5.15. The molecule has 150 valence electrons. The van der Waals surface area contributed by atoms with Crippen molar-refractivity contribution >= 4 is 5.91 Å². The summed E-state index contributed by atoms with van der Waals surface area (Å²) in [5.74, 6) is 0.597. The Morgan fingerprint density at radius 2 is 1.89 bits per heavy atom. The van der Waals surface area contributed by atoms with Crippen molar-refractivity contribution in [1.82, 2.24) is 5.32 Å². The zero-order chi connectivity index (χ0) is 19.9. The van der Waals surface area contributed by atoms with E-state index >= 15 is 0 Å². The minimum absolute atomic E-state index is 0.0559.